The fraction of sp³-hybridized carbons (Fsp3) is 0.250. The summed E-state index contributed by atoms with van der Waals surface area (Å²) in [5, 5.41) is 3.39. The SMILES string of the molecule is COc1ccc(C(C)Nc2cc(OC)ccc2N)cc1. The van der Waals surface area contributed by atoms with Gasteiger partial charge in [0.15, 0.2) is 0 Å². The summed E-state index contributed by atoms with van der Waals surface area (Å²) in [6, 6.07) is 13.7. The van der Waals surface area contributed by atoms with Crippen LogP contribution >= 0.6 is 0 Å². The van der Waals surface area contributed by atoms with Crippen molar-refractivity contribution < 1.29 is 9.47 Å². The highest BCUT2D eigenvalue weighted by atomic mass is 16.5. The van der Waals surface area contributed by atoms with E-state index in [9.17, 15) is 0 Å². The van der Waals surface area contributed by atoms with E-state index in [0.29, 0.717) is 5.69 Å². The monoisotopic (exact) mass is 272 g/mol. The normalized spacial score (nSPS) is 11.8. The van der Waals surface area contributed by atoms with Crippen LogP contribution in [0.2, 0.25) is 0 Å². The molecule has 0 saturated heterocycles. The third kappa shape index (κ3) is 3.15. The third-order valence-corrected chi connectivity index (χ3v) is 3.25. The number of ether oxygens (including phenoxy) is 2. The largest absolute Gasteiger partial charge is 0.497 e. The first-order valence-electron chi connectivity index (χ1n) is 6.48. The van der Waals surface area contributed by atoms with E-state index in [1.165, 1.54) is 0 Å². The van der Waals surface area contributed by atoms with Gasteiger partial charge in [-0.05, 0) is 36.8 Å². The zero-order chi connectivity index (χ0) is 14.5. The first-order chi connectivity index (χ1) is 9.63. The summed E-state index contributed by atoms with van der Waals surface area (Å²) in [7, 11) is 3.30. The van der Waals surface area contributed by atoms with E-state index in [4.69, 9.17) is 15.2 Å². The molecule has 0 spiro atoms. The highest BCUT2D eigenvalue weighted by Gasteiger charge is 2.08. The lowest BCUT2D eigenvalue weighted by Crippen LogP contribution is -2.08. The minimum Gasteiger partial charge on any atom is -0.497 e. The van der Waals surface area contributed by atoms with Crippen molar-refractivity contribution in [3.8, 4) is 11.5 Å². The Morgan fingerprint density at radius 2 is 1.55 bits per heavy atom. The molecular formula is C16H20N2O2. The Bertz CT molecular complexity index is 567. The van der Waals surface area contributed by atoms with Gasteiger partial charge in [-0.15, -0.1) is 0 Å². The quantitative estimate of drug-likeness (QED) is 0.818. The summed E-state index contributed by atoms with van der Waals surface area (Å²) >= 11 is 0. The second-order valence-electron chi connectivity index (χ2n) is 4.59. The van der Waals surface area contributed by atoms with Crippen molar-refractivity contribution in [1.82, 2.24) is 0 Å². The summed E-state index contributed by atoms with van der Waals surface area (Å²) in [5.74, 6) is 1.63. The Balaban J connectivity index is 2.15. The molecule has 0 bridgehead atoms. The van der Waals surface area contributed by atoms with Crippen molar-refractivity contribution in [3.63, 3.8) is 0 Å². The summed E-state index contributed by atoms with van der Waals surface area (Å²) in [4.78, 5) is 0. The van der Waals surface area contributed by atoms with Gasteiger partial charge in [0.05, 0.1) is 25.6 Å². The van der Waals surface area contributed by atoms with E-state index in [1.54, 1.807) is 14.2 Å². The van der Waals surface area contributed by atoms with Gasteiger partial charge in [-0.1, -0.05) is 12.1 Å². The Morgan fingerprint density at radius 3 is 2.15 bits per heavy atom. The number of nitrogens with two attached hydrogens (primary N) is 1. The number of rotatable bonds is 5. The molecule has 2 aromatic rings. The number of nitrogens with one attached hydrogen (secondary N) is 1. The number of hydrogen-bond acceptors (Lipinski definition) is 4. The molecule has 2 aromatic carbocycles. The van der Waals surface area contributed by atoms with E-state index in [-0.39, 0.29) is 6.04 Å². The van der Waals surface area contributed by atoms with Gasteiger partial charge in [-0.3, -0.25) is 0 Å². The van der Waals surface area contributed by atoms with Gasteiger partial charge in [-0.2, -0.15) is 0 Å². The van der Waals surface area contributed by atoms with E-state index in [1.807, 2.05) is 42.5 Å². The average Bonchev–Trinajstić information content (AvgIpc) is 2.49. The fourth-order valence-electron chi connectivity index (χ4n) is 2.00. The van der Waals surface area contributed by atoms with Crippen LogP contribution in [0, 0.1) is 0 Å². The molecule has 4 heteroatoms. The Hall–Kier alpha value is -2.36. The first kappa shape index (κ1) is 14.1. The molecule has 0 saturated carbocycles. The molecule has 0 radical (unpaired) electrons. The minimum absolute atomic E-state index is 0.135. The molecule has 2 rings (SSSR count). The number of anilines is 2. The van der Waals surface area contributed by atoms with Crippen molar-refractivity contribution in [1.29, 1.82) is 0 Å². The van der Waals surface area contributed by atoms with Crippen LogP contribution in [0.1, 0.15) is 18.5 Å². The number of benzene rings is 2. The lowest BCUT2D eigenvalue weighted by atomic mass is 10.1. The van der Waals surface area contributed by atoms with Crippen LogP contribution in [0.3, 0.4) is 0 Å². The van der Waals surface area contributed by atoms with Gasteiger partial charge in [0, 0.05) is 12.1 Å². The number of methoxy groups -OCH3 is 2. The summed E-state index contributed by atoms with van der Waals surface area (Å²) in [6.07, 6.45) is 0. The molecule has 0 amide bonds. The van der Waals surface area contributed by atoms with E-state index in [0.717, 1.165) is 22.7 Å². The van der Waals surface area contributed by atoms with Gasteiger partial charge >= 0.3 is 0 Å². The second kappa shape index (κ2) is 6.19. The molecule has 0 aliphatic heterocycles. The Labute approximate surface area is 119 Å². The lowest BCUT2D eigenvalue weighted by Gasteiger charge is -2.18. The molecule has 3 N–H and O–H groups in total. The molecule has 0 aromatic heterocycles. The predicted molar refractivity (Wildman–Crippen MR) is 82.4 cm³/mol. The molecule has 0 fully saturated rings. The van der Waals surface area contributed by atoms with Gasteiger partial charge in [0.25, 0.3) is 0 Å². The third-order valence-electron chi connectivity index (χ3n) is 3.25. The number of hydrogen-bond donors (Lipinski definition) is 2. The summed E-state index contributed by atoms with van der Waals surface area (Å²) in [6.45, 7) is 2.08. The fourth-order valence-corrected chi connectivity index (χ4v) is 2.00. The summed E-state index contributed by atoms with van der Waals surface area (Å²) in [5.41, 5.74) is 8.71. The zero-order valence-electron chi connectivity index (χ0n) is 12.0. The van der Waals surface area contributed by atoms with Crippen LogP contribution in [0.15, 0.2) is 42.5 Å². The van der Waals surface area contributed by atoms with E-state index < -0.39 is 0 Å². The van der Waals surface area contributed by atoms with Crippen LogP contribution < -0.4 is 20.5 Å². The van der Waals surface area contributed by atoms with Crippen molar-refractivity contribution in [2.45, 2.75) is 13.0 Å². The highest BCUT2D eigenvalue weighted by molar-refractivity contribution is 5.68. The van der Waals surface area contributed by atoms with E-state index in [2.05, 4.69) is 12.2 Å². The van der Waals surface area contributed by atoms with Crippen LogP contribution in [0.4, 0.5) is 11.4 Å². The van der Waals surface area contributed by atoms with Crippen molar-refractivity contribution >= 4 is 11.4 Å². The Morgan fingerprint density at radius 1 is 0.950 bits per heavy atom. The van der Waals surface area contributed by atoms with Gasteiger partial charge in [0.1, 0.15) is 11.5 Å². The smallest absolute Gasteiger partial charge is 0.121 e. The standard InChI is InChI=1S/C16H20N2O2/c1-11(12-4-6-13(19-2)7-5-12)18-16-10-14(20-3)8-9-15(16)17/h4-11,18H,17H2,1-3H3. The van der Waals surface area contributed by atoms with E-state index >= 15 is 0 Å². The molecule has 0 heterocycles. The van der Waals surface area contributed by atoms with Crippen LogP contribution in [-0.4, -0.2) is 14.2 Å². The molecule has 106 valence electrons. The average molecular weight is 272 g/mol. The van der Waals surface area contributed by atoms with Crippen molar-refractivity contribution in [2.24, 2.45) is 0 Å². The van der Waals surface area contributed by atoms with Gasteiger partial charge in [0.2, 0.25) is 0 Å². The molecule has 0 aliphatic rings. The van der Waals surface area contributed by atoms with Gasteiger partial charge in [-0.25, -0.2) is 0 Å². The topological polar surface area (TPSA) is 56.5 Å². The second-order valence-corrected chi connectivity index (χ2v) is 4.59. The van der Waals surface area contributed by atoms with Crippen LogP contribution in [0.25, 0.3) is 0 Å². The predicted octanol–water partition coefficient (Wildman–Crippen LogP) is 3.46. The zero-order valence-corrected chi connectivity index (χ0v) is 12.0. The van der Waals surface area contributed by atoms with Crippen LogP contribution in [0.5, 0.6) is 11.5 Å². The number of nitrogen functional groups attached to an aromatic ring is 1. The maximum Gasteiger partial charge on any atom is 0.121 e. The first-order valence-corrected chi connectivity index (χ1v) is 6.48. The maximum atomic E-state index is 5.98. The van der Waals surface area contributed by atoms with Crippen molar-refractivity contribution in [2.75, 3.05) is 25.3 Å². The molecule has 1 unspecified atom stereocenters. The van der Waals surface area contributed by atoms with Crippen molar-refractivity contribution in [3.05, 3.63) is 48.0 Å². The molecule has 0 aliphatic carbocycles. The minimum atomic E-state index is 0.135. The maximum absolute atomic E-state index is 5.98. The molecule has 4 nitrogen and oxygen atoms in total. The lowest BCUT2D eigenvalue weighted by molar-refractivity contribution is 0.414. The van der Waals surface area contributed by atoms with Gasteiger partial charge < -0.3 is 20.5 Å². The summed E-state index contributed by atoms with van der Waals surface area (Å²) < 4.78 is 10.4. The Kier molecular flexibility index (Phi) is 4.35. The molecular weight excluding hydrogens is 252 g/mol. The molecule has 1 atom stereocenters. The highest BCUT2D eigenvalue weighted by Crippen LogP contribution is 2.28. The molecule has 20 heavy (non-hydrogen) atoms. The van der Waals surface area contributed by atoms with Crippen LogP contribution in [-0.2, 0) is 0 Å².